The Morgan fingerprint density at radius 2 is 0.744 bits per heavy atom. The van der Waals surface area contributed by atoms with Crippen LogP contribution < -0.4 is 22.8 Å². The van der Waals surface area contributed by atoms with Crippen LogP contribution >= 0.6 is 11.3 Å². The molecule has 0 fully saturated rings. The van der Waals surface area contributed by atoms with E-state index in [0.717, 1.165) is 16.5 Å². The van der Waals surface area contributed by atoms with E-state index < -0.39 is 0 Å². The van der Waals surface area contributed by atoms with Crippen molar-refractivity contribution in [3.05, 3.63) is 364 Å². The van der Waals surface area contributed by atoms with E-state index in [1.807, 2.05) is 29.5 Å². The van der Waals surface area contributed by atoms with Crippen molar-refractivity contribution < 1.29 is 28.6 Å². The van der Waals surface area contributed by atoms with E-state index in [1.165, 1.54) is 220 Å². The van der Waals surface area contributed by atoms with Gasteiger partial charge in [0.2, 0.25) is 28.5 Å². The molecule has 0 spiro atoms. The van der Waals surface area contributed by atoms with E-state index in [0.29, 0.717) is 12.1 Å². The minimum absolute atomic E-state index is 0.0213. The van der Waals surface area contributed by atoms with E-state index in [-0.39, 0.29) is 5.41 Å². The highest BCUT2D eigenvalue weighted by Gasteiger charge is 2.37. The third kappa shape index (κ3) is 14.9. The Hall–Kier alpha value is -13.0. The van der Waals surface area contributed by atoms with Crippen molar-refractivity contribution in [2.24, 2.45) is 35.2 Å². The van der Waals surface area contributed by atoms with Gasteiger partial charge in [-0.2, -0.15) is 0 Å². The van der Waals surface area contributed by atoms with Crippen molar-refractivity contribution in [3.63, 3.8) is 0 Å². The van der Waals surface area contributed by atoms with Gasteiger partial charge in [-0.3, -0.25) is 0 Å². The van der Waals surface area contributed by atoms with E-state index in [4.69, 9.17) is 5.79 Å². The fraction of sp³-hybridized carbons (Fsp3) is 0.195. The quantitative estimate of drug-likeness (QED) is 0.153. The van der Waals surface area contributed by atoms with Crippen LogP contribution in [0.3, 0.4) is 0 Å². The van der Waals surface area contributed by atoms with Crippen molar-refractivity contribution >= 4 is 108 Å². The molecule has 1 aliphatic carbocycles. The number of para-hydroxylation sites is 1. The summed E-state index contributed by atoms with van der Waals surface area (Å²) in [7, 11) is 10.6. The molecule has 20 aromatic rings. The Kier molecular flexibility index (Phi) is 21.1. The van der Waals surface area contributed by atoms with Gasteiger partial charge in [-0.25, -0.2) is 22.8 Å². The number of rotatable bonds is 6. The first kappa shape index (κ1) is 79.1. The van der Waals surface area contributed by atoms with Crippen molar-refractivity contribution in [3.8, 4) is 67.4 Å². The minimum Gasteiger partial charge on any atom is -0.464 e. The van der Waals surface area contributed by atoms with Gasteiger partial charge in [0.05, 0.1) is 62.3 Å². The van der Waals surface area contributed by atoms with Crippen LogP contribution in [0.2, 0.25) is 0 Å². The smallest absolute Gasteiger partial charge is 0.220 e. The van der Waals surface area contributed by atoms with Crippen molar-refractivity contribution in [2.75, 3.05) is 0 Å². The second-order valence-electron chi connectivity index (χ2n) is 34.8. The maximum Gasteiger partial charge on any atom is 0.220 e. The van der Waals surface area contributed by atoms with Crippen LogP contribution in [0.5, 0.6) is 0 Å². The molecule has 0 atom stereocenters. The Balaban J connectivity index is 0.000000109. The SMILES string of the molecule is Cc1ccc2cc[n+](C)c(-c3cc4c(cc3C)-c3ccccc3C4(C)C)c2c1.Cc1ccc2cc[n+](C)c(-c3cc4c(cc3C)c3ccccc3n4C(C)C)c2c1.Cc1ccc2cc[n+](C)c(-c3cc4occc4cc3C)c2c1.Cc1ccc2cc[n+](C)c(-c3cc4sccc4cc3C)c2c1.[2H]c1cc(C)c(C)c(-c2c3cc(C)ccc3cc[n+]2C)c1. The molecular weight excluding hydrogens is 1490 g/mol. The number of benzene rings is 12. The van der Waals surface area contributed by atoms with Gasteiger partial charge in [0.15, 0.2) is 31.0 Å². The molecule has 8 heterocycles. The standard InChI is InChI=1S/C27H27N2.C27H26N.C20H18NO.C20H18NS.C19H20N/c1-17(2)29-25-9-7-6-8-21(25)24-15-19(4)22(16-26(24)29)27-23-14-18(3)10-11-20(23)12-13-28(27)5;1-17-10-11-19-12-13-28(5)26(22(19)14-17)21-16-25-23(15-18(21)2)20-8-6-7-9-24(20)27(25,3)4;2*1-13-4-5-15-6-8-21(3)20(18(15)10-13)17-12-19-16(7-9-22-19)11-14(17)2;1-13-8-9-16-10-11-20(4)19(18(16)12-13)17-7-5-6-14(2)15(17)3/h6-17H,1-5H3;6-16H,1-5H3;2*4-12H,1-3H3;5-12H,1-4H3/q5*+1/i;;;;5D. The number of fused-ring (bicyclic) bond motifs is 13. The molecule has 0 amide bonds. The van der Waals surface area contributed by atoms with Gasteiger partial charge in [-0.05, 0) is 280 Å². The number of nitrogens with zero attached hydrogens (tertiary/aromatic N) is 6. The summed E-state index contributed by atoms with van der Waals surface area (Å²) in [6.07, 6.45) is 12.5. The lowest BCUT2D eigenvalue weighted by atomic mass is 9.81. The lowest BCUT2D eigenvalue weighted by molar-refractivity contribution is -0.659. The molecule has 7 nitrogen and oxygen atoms in total. The average Bonchev–Trinajstić information content (AvgIpc) is 1.57. The summed E-state index contributed by atoms with van der Waals surface area (Å²) in [5, 5.41) is 20.2. The predicted octanol–water partition coefficient (Wildman–Crippen LogP) is 27.0. The highest BCUT2D eigenvalue weighted by molar-refractivity contribution is 7.17. The minimum atomic E-state index is 0.0213. The normalized spacial score (nSPS) is 12.2. The number of aryl methyl sites for hydroxylation is 15. The fourth-order valence-corrected chi connectivity index (χ4v) is 19.6. The third-order valence-corrected chi connectivity index (χ3v) is 26.2. The zero-order chi connectivity index (χ0) is 85.6. The van der Waals surface area contributed by atoms with E-state index in [9.17, 15) is 0 Å². The van der Waals surface area contributed by atoms with Gasteiger partial charge in [0.1, 0.15) is 40.8 Å². The molecule has 0 bridgehead atoms. The lowest BCUT2D eigenvalue weighted by Crippen LogP contribution is -2.31. The number of hydrogen-bond donors (Lipinski definition) is 0. The molecule has 1 aliphatic rings. The molecule has 0 radical (unpaired) electrons. The molecule has 0 saturated heterocycles. The molecule has 0 N–H and O–H groups in total. The number of hydrogen-bond acceptors (Lipinski definition) is 2. The second kappa shape index (κ2) is 32.3. The van der Waals surface area contributed by atoms with E-state index in [2.05, 4.69) is 427 Å². The van der Waals surface area contributed by atoms with Crippen LogP contribution in [0.1, 0.15) is 107 Å². The molecule has 0 saturated carbocycles. The molecule has 12 aromatic carbocycles. The summed E-state index contributed by atoms with van der Waals surface area (Å²) in [5.74, 6) is 0. The van der Waals surface area contributed by atoms with Gasteiger partial charge < -0.3 is 8.98 Å². The van der Waals surface area contributed by atoms with Gasteiger partial charge in [0.25, 0.3) is 0 Å². The molecule has 8 aromatic heterocycles. The number of pyridine rings is 5. The van der Waals surface area contributed by atoms with E-state index in [1.54, 1.807) is 6.26 Å². The highest BCUT2D eigenvalue weighted by Crippen LogP contribution is 2.51. The van der Waals surface area contributed by atoms with Gasteiger partial charge >= 0.3 is 0 Å². The van der Waals surface area contributed by atoms with Crippen LogP contribution in [0.15, 0.2) is 296 Å². The maximum atomic E-state index is 8.03. The van der Waals surface area contributed by atoms with Crippen LogP contribution in [0.4, 0.5) is 0 Å². The van der Waals surface area contributed by atoms with Crippen LogP contribution in [-0.4, -0.2) is 4.57 Å². The van der Waals surface area contributed by atoms with Gasteiger partial charge in [0, 0.05) is 73.7 Å². The van der Waals surface area contributed by atoms with Crippen molar-refractivity contribution in [2.45, 2.75) is 115 Å². The first-order chi connectivity index (χ1) is 58.6. The van der Waals surface area contributed by atoms with Crippen LogP contribution in [0, 0.1) is 76.2 Å². The molecule has 21 rings (SSSR count). The lowest BCUT2D eigenvalue weighted by Gasteiger charge is -2.22. The first-order valence-electron chi connectivity index (χ1n) is 42.9. The fourth-order valence-electron chi connectivity index (χ4n) is 18.8. The Morgan fingerprint density at radius 3 is 1.24 bits per heavy atom. The zero-order valence-electron chi connectivity index (χ0n) is 74.7. The highest BCUT2D eigenvalue weighted by atomic mass is 32.1. The molecule has 598 valence electrons. The van der Waals surface area contributed by atoms with Crippen molar-refractivity contribution in [1.82, 2.24) is 4.57 Å². The van der Waals surface area contributed by atoms with Crippen LogP contribution in [0.25, 0.3) is 164 Å². The molecule has 0 unspecified atom stereocenters. The molecule has 0 aliphatic heterocycles. The Labute approximate surface area is 718 Å². The third-order valence-electron chi connectivity index (χ3n) is 25.4. The summed E-state index contributed by atoms with van der Waals surface area (Å²) < 4.78 is 28.6. The second-order valence-corrected chi connectivity index (χ2v) is 35.8. The monoisotopic (exact) mass is 1600 g/mol. The summed E-state index contributed by atoms with van der Waals surface area (Å²) in [6.45, 7) is 33.1. The Morgan fingerprint density at radius 1 is 0.322 bits per heavy atom. The zero-order valence-corrected chi connectivity index (χ0v) is 74.5. The Bertz CT molecular complexity index is 7420. The predicted molar refractivity (Wildman–Crippen MR) is 511 cm³/mol. The summed E-state index contributed by atoms with van der Waals surface area (Å²) >= 11 is 1.81. The summed E-state index contributed by atoms with van der Waals surface area (Å²) in [5.41, 5.74) is 35.9. The van der Waals surface area contributed by atoms with Gasteiger partial charge in [-0.1, -0.05) is 163 Å². The number of aromatic nitrogens is 6. The first-order valence-corrected chi connectivity index (χ1v) is 43.2. The largest absolute Gasteiger partial charge is 0.464 e. The summed E-state index contributed by atoms with van der Waals surface area (Å²) in [4.78, 5) is 0. The molecule has 121 heavy (non-hydrogen) atoms. The molecular formula is C113H109N6OS+5. The number of furan rings is 1. The topological polar surface area (TPSA) is 37.5 Å². The summed E-state index contributed by atoms with van der Waals surface area (Å²) in [6, 6.07) is 89.6. The maximum absolute atomic E-state index is 8.03. The molecule has 8 heteroatoms. The average molecular weight is 1600 g/mol. The van der Waals surface area contributed by atoms with Crippen molar-refractivity contribution in [1.29, 1.82) is 0 Å². The van der Waals surface area contributed by atoms with E-state index >= 15 is 0 Å². The van der Waals surface area contributed by atoms with Gasteiger partial charge in [-0.15, -0.1) is 11.3 Å². The van der Waals surface area contributed by atoms with Crippen LogP contribution in [-0.2, 0) is 40.7 Å². The number of thiophene rings is 1.